The fraction of sp³-hybridized carbons (Fsp3) is 0.417. The van der Waals surface area contributed by atoms with Crippen LogP contribution in [0.5, 0.6) is 0 Å². The number of fused-ring (bicyclic) bond motifs is 6. The van der Waals surface area contributed by atoms with Gasteiger partial charge < -0.3 is 10.1 Å². The van der Waals surface area contributed by atoms with E-state index in [9.17, 15) is 19.2 Å². The fourth-order valence-electron chi connectivity index (χ4n) is 5.64. The second-order valence-corrected chi connectivity index (χ2v) is 11.0. The van der Waals surface area contributed by atoms with E-state index >= 15 is 0 Å². The Morgan fingerprint density at radius 3 is 2.30 bits per heavy atom. The number of benzene rings is 2. The molecule has 7 nitrogen and oxygen atoms in total. The van der Waals surface area contributed by atoms with Gasteiger partial charge in [-0.1, -0.05) is 68.3 Å². The van der Waals surface area contributed by atoms with Crippen molar-refractivity contribution in [2.45, 2.75) is 29.0 Å². The maximum absolute atomic E-state index is 13.1. The minimum Gasteiger partial charge on any atom is -0.454 e. The molecular formula is C24H22Br2N2O5. The molecule has 0 spiro atoms. The first-order valence-electron chi connectivity index (χ1n) is 10.9. The Morgan fingerprint density at radius 2 is 1.64 bits per heavy atom. The summed E-state index contributed by atoms with van der Waals surface area (Å²) >= 11 is 7.30. The van der Waals surface area contributed by atoms with Crippen molar-refractivity contribution in [3.8, 4) is 0 Å². The highest BCUT2D eigenvalue weighted by Crippen LogP contribution is 2.60. The number of esters is 1. The number of alkyl halides is 2. The lowest BCUT2D eigenvalue weighted by Gasteiger charge is -2.28. The standard InChI is InChI=1S/C24H22Br2N2O5/c1-11(28-22(30)18-14-9-15(19(18)23(28)31)21(26)20(14)25)24(32)33-10-17(29)27-16-8-4-6-12-5-2-3-7-13(12)16/h2-8,11,14-15,18-21H,9-10H2,1H3,(H,27,29)/t11-,14-,15-,18-,19-,20-,21+/m1/s1. The molecule has 3 amide bonds. The Hall–Kier alpha value is -2.26. The van der Waals surface area contributed by atoms with Crippen molar-refractivity contribution >= 4 is 72.0 Å². The van der Waals surface area contributed by atoms with Crippen molar-refractivity contribution < 1.29 is 23.9 Å². The molecule has 5 rings (SSSR count). The van der Waals surface area contributed by atoms with Gasteiger partial charge in [0.1, 0.15) is 6.04 Å². The summed E-state index contributed by atoms with van der Waals surface area (Å²) in [6.07, 6.45) is 0.819. The van der Waals surface area contributed by atoms with Crippen molar-refractivity contribution in [3.05, 3.63) is 42.5 Å². The van der Waals surface area contributed by atoms with E-state index in [0.29, 0.717) is 5.69 Å². The van der Waals surface area contributed by atoms with Gasteiger partial charge in [-0.05, 0) is 36.6 Å². The van der Waals surface area contributed by atoms with Crippen LogP contribution in [0.25, 0.3) is 10.8 Å². The Morgan fingerprint density at radius 1 is 1.03 bits per heavy atom. The monoisotopic (exact) mass is 576 g/mol. The summed E-state index contributed by atoms with van der Waals surface area (Å²) in [5.74, 6) is -2.55. The first-order chi connectivity index (χ1) is 15.8. The molecule has 2 saturated carbocycles. The van der Waals surface area contributed by atoms with Gasteiger partial charge in [-0.15, -0.1) is 0 Å². The Kier molecular flexibility index (Phi) is 5.81. The first-order valence-corrected chi connectivity index (χ1v) is 12.7. The van der Waals surface area contributed by atoms with Gasteiger partial charge in [-0.2, -0.15) is 0 Å². The van der Waals surface area contributed by atoms with E-state index in [2.05, 4.69) is 37.2 Å². The molecule has 3 fully saturated rings. The second-order valence-electron chi connectivity index (χ2n) is 8.91. The summed E-state index contributed by atoms with van der Waals surface area (Å²) in [5, 5.41) is 4.60. The average Bonchev–Trinajstić information content (AvgIpc) is 3.42. The van der Waals surface area contributed by atoms with E-state index in [1.165, 1.54) is 6.92 Å². The number of hydrogen-bond acceptors (Lipinski definition) is 5. The molecule has 2 bridgehead atoms. The molecule has 2 aliphatic carbocycles. The van der Waals surface area contributed by atoms with Crippen molar-refractivity contribution in [1.82, 2.24) is 4.90 Å². The minimum absolute atomic E-state index is 0.0699. The second kappa shape index (κ2) is 8.51. The number of carbonyl (C=O) groups is 4. The molecule has 0 aromatic heterocycles. The third-order valence-corrected chi connectivity index (χ3v) is 10.4. The number of likely N-dealkylation sites (tertiary alicyclic amines) is 1. The van der Waals surface area contributed by atoms with Crippen LogP contribution in [0.2, 0.25) is 0 Å². The van der Waals surface area contributed by atoms with E-state index < -0.39 is 36.4 Å². The Bertz CT molecular complexity index is 1130. The molecule has 1 saturated heterocycles. The number of imide groups is 1. The van der Waals surface area contributed by atoms with E-state index in [-0.39, 0.29) is 33.3 Å². The molecule has 1 aliphatic heterocycles. The van der Waals surface area contributed by atoms with Crippen LogP contribution in [-0.2, 0) is 23.9 Å². The average molecular weight is 578 g/mol. The zero-order valence-corrected chi connectivity index (χ0v) is 20.9. The van der Waals surface area contributed by atoms with Crippen LogP contribution in [-0.4, -0.2) is 50.9 Å². The van der Waals surface area contributed by atoms with Crippen molar-refractivity contribution in [3.63, 3.8) is 0 Å². The van der Waals surface area contributed by atoms with Gasteiger partial charge in [0, 0.05) is 20.7 Å². The first kappa shape index (κ1) is 22.5. The molecule has 2 aromatic rings. The van der Waals surface area contributed by atoms with Gasteiger partial charge in [-0.3, -0.25) is 19.3 Å². The molecule has 9 heteroatoms. The van der Waals surface area contributed by atoms with Crippen LogP contribution in [0.15, 0.2) is 42.5 Å². The molecule has 2 aromatic carbocycles. The highest BCUT2D eigenvalue weighted by Gasteiger charge is 2.67. The smallest absolute Gasteiger partial charge is 0.329 e. The van der Waals surface area contributed by atoms with Gasteiger partial charge in [0.05, 0.1) is 11.8 Å². The van der Waals surface area contributed by atoms with E-state index in [1.54, 1.807) is 6.07 Å². The summed E-state index contributed by atoms with van der Waals surface area (Å²) in [6, 6.07) is 12.1. The zero-order chi connectivity index (χ0) is 23.4. The lowest BCUT2D eigenvalue weighted by atomic mass is 9.81. The van der Waals surface area contributed by atoms with Crippen molar-refractivity contribution in [2.24, 2.45) is 23.7 Å². The van der Waals surface area contributed by atoms with Gasteiger partial charge >= 0.3 is 5.97 Å². The highest BCUT2D eigenvalue weighted by atomic mass is 79.9. The number of nitrogens with zero attached hydrogens (tertiary/aromatic N) is 1. The predicted molar refractivity (Wildman–Crippen MR) is 129 cm³/mol. The number of anilines is 1. The molecule has 1 N–H and O–H groups in total. The number of carbonyl (C=O) groups excluding carboxylic acids is 4. The quantitative estimate of drug-likeness (QED) is 0.334. The fourth-order valence-corrected chi connectivity index (χ4v) is 7.51. The minimum atomic E-state index is -1.08. The lowest BCUT2D eigenvalue weighted by Crippen LogP contribution is -2.45. The highest BCUT2D eigenvalue weighted by molar-refractivity contribution is 9.12. The molecule has 0 radical (unpaired) electrons. The Balaban J connectivity index is 1.22. The molecule has 1 heterocycles. The molecule has 0 unspecified atom stereocenters. The van der Waals surface area contributed by atoms with Crippen LogP contribution >= 0.6 is 31.9 Å². The molecular weight excluding hydrogens is 556 g/mol. The van der Waals surface area contributed by atoms with Gasteiger partial charge in [0.15, 0.2) is 6.61 Å². The summed E-state index contributed by atoms with van der Waals surface area (Å²) in [4.78, 5) is 52.5. The van der Waals surface area contributed by atoms with Crippen LogP contribution < -0.4 is 5.32 Å². The SMILES string of the molecule is C[C@H](C(=O)OCC(=O)Nc1cccc2ccccc12)N1C(=O)[C@@H]2[C@H]3C[C@@H]([C@@H](Br)[C@H]3Br)[C@H]2C1=O. The molecule has 33 heavy (non-hydrogen) atoms. The van der Waals surface area contributed by atoms with Crippen LogP contribution in [0.1, 0.15) is 13.3 Å². The predicted octanol–water partition coefficient (Wildman–Crippen LogP) is 3.49. The molecule has 172 valence electrons. The largest absolute Gasteiger partial charge is 0.454 e. The number of halogens is 2. The van der Waals surface area contributed by atoms with Crippen LogP contribution in [0.4, 0.5) is 5.69 Å². The van der Waals surface area contributed by atoms with Gasteiger partial charge in [-0.25, -0.2) is 4.79 Å². The Labute approximate surface area is 207 Å². The van der Waals surface area contributed by atoms with E-state index in [4.69, 9.17) is 4.74 Å². The van der Waals surface area contributed by atoms with Crippen LogP contribution in [0, 0.1) is 23.7 Å². The van der Waals surface area contributed by atoms with Crippen LogP contribution in [0.3, 0.4) is 0 Å². The number of nitrogens with one attached hydrogen (secondary N) is 1. The number of rotatable bonds is 5. The third-order valence-electron chi connectivity index (χ3n) is 7.16. The topological polar surface area (TPSA) is 92.8 Å². The van der Waals surface area contributed by atoms with Gasteiger partial charge in [0.25, 0.3) is 5.91 Å². The molecule has 3 aliphatic rings. The van der Waals surface area contributed by atoms with Gasteiger partial charge in [0.2, 0.25) is 11.8 Å². The molecule has 7 atom stereocenters. The summed E-state index contributed by atoms with van der Waals surface area (Å²) in [6.45, 7) is 0.967. The summed E-state index contributed by atoms with van der Waals surface area (Å²) < 4.78 is 5.18. The number of amides is 3. The van der Waals surface area contributed by atoms with E-state index in [0.717, 1.165) is 22.1 Å². The number of hydrogen-bond donors (Lipinski definition) is 1. The van der Waals surface area contributed by atoms with Crippen molar-refractivity contribution in [1.29, 1.82) is 0 Å². The maximum Gasteiger partial charge on any atom is 0.329 e. The zero-order valence-electron chi connectivity index (χ0n) is 17.7. The van der Waals surface area contributed by atoms with Crippen molar-refractivity contribution in [2.75, 3.05) is 11.9 Å². The normalized spacial score (nSPS) is 31.1. The van der Waals surface area contributed by atoms with E-state index in [1.807, 2.05) is 36.4 Å². The lowest BCUT2D eigenvalue weighted by molar-refractivity contribution is -0.159. The summed E-state index contributed by atoms with van der Waals surface area (Å²) in [5.41, 5.74) is 0.615. The third kappa shape index (κ3) is 3.60. The maximum atomic E-state index is 13.1. The summed E-state index contributed by atoms with van der Waals surface area (Å²) in [7, 11) is 0. The number of ether oxygens (including phenoxy) is 1.